The Labute approximate surface area is 71.6 Å². The van der Waals surface area contributed by atoms with Crippen LogP contribution in [-0.4, -0.2) is 12.1 Å². The number of nitrogens with two attached hydrogens (primary N) is 1. The highest BCUT2D eigenvalue weighted by Gasteiger charge is 2.25. The lowest BCUT2D eigenvalue weighted by Gasteiger charge is -2.04. The molecule has 2 N–H and O–H groups in total. The Bertz CT molecular complexity index is 295. The molecule has 64 valence electrons. The Balaban J connectivity index is 2.30. The summed E-state index contributed by atoms with van der Waals surface area (Å²) < 4.78 is 5.01. The molecule has 1 saturated carbocycles. The van der Waals surface area contributed by atoms with E-state index in [9.17, 15) is 0 Å². The third-order valence-corrected chi connectivity index (χ3v) is 2.12. The molecule has 0 aliphatic heterocycles. The summed E-state index contributed by atoms with van der Waals surface area (Å²) in [5.41, 5.74) is 6.77. The van der Waals surface area contributed by atoms with E-state index in [0.717, 1.165) is 5.69 Å². The molecule has 12 heavy (non-hydrogen) atoms. The van der Waals surface area contributed by atoms with Crippen LogP contribution in [-0.2, 0) is 0 Å². The predicted molar refractivity (Wildman–Crippen MR) is 47.2 cm³/mol. The van der Waals surface area contributed by atoms with E-state index in [2.05, 4.69) is 4.98 Å². The van der Waals surface area contributed by atoms with Crippen molar-refractivity contribution in [3.63, 3.8) is 0 Å². The summed E-state index contributed by atoms with van der Waals surface area (Å²) in [7, 11) is 1.60. The van der Waals surface area contributed by atoms with Crippen LogP contribution >= 0.6 is 0 Å². The number of hydrogen-bond acceptors (Lipinski definition) is 3. The summed E-state index contributed by atoms with van der Waals surface area (Å²) >= 11 is 0. The molecule has 0 saturated heterocycles. The molecule has 3 nitrogen and oxygen atoms in total. The standard InChI is InChI=1S/C9H12N2O/c1-12-8-5-4-7(6-2-3-6)11-9(8)10/h4-6H,2-3H2,1H3,(H2,10,11). The van der Waals surface area contributed by atoms with Crippen molar-refractivity contribution in [3.8, 4) is 5.75 Å². The van der Waals surface area contributed by atoms with Crippen molar-refractivity contribution in [2.45, 2.75) is 18.8 Å². The number of hydrogen-bond donors (Lipinski definition) is 1. The molecular weight excluding hydrogens is 152 g/mol. The highest BCUT2D eigenvalue weighted by Crippen LogP contribution is 2.39. The van der Waals surface area contributed by atoms with Gasteiger partial charge in [0.15, 0.2) is 11.6 Å². The maximum atomic E-state index is 5.66. The third-order valence-electron chi connectivity index (χ3n) is 2.12. The molecule has 1 fully saturated rings. The molecule has 0 aromatic carbocycles. The molecule has 2 rings (SSSR count). The van der Waals surface area contributed by atoms with Crippen LogP contribution in [0.5, 0.6) is 5.75 Å². The van der Waals surface area contributed by atoms with Gasteiger partial charge in [0.25, 0.3) is 0 Å². The predicted octanol–water partition coefficient (Wildman–Crippen LogP) is 1.55. The lowest BCUT2D eigenvalue weighted by atomic mass is 10.2. The molecule has 1 aliphatic carbocycles. The fourth-order valence-corrected chi connectivity index (χ4v) is 1.26. The summed E-state index contributed by atoms with van der Waals surface area (Å²) in [4.78, 5) is 4.26. The van der Waals surface area contributed by atoms with Gasteiger partial charge in [-0.1, -0.05) is 0 Å². The number of pyridine rings is 1. The Morgan fingerprint density at radius 1 is 1.50 bits per heavy atom. The van der Waals surface area contributed by atoms with Crippen LogP contribution in [0.2, 0.25) is 0 Å². The molecule has 0 unspecified atom stereocenters. The van der Waals surface area contributed by atoms with Crippen molar-refractivity contribution in [3.05, 3.63) is 17.8 Å². The molecular formula is C9H12N2O. The minimum absolute atomic E-state index is 0.502. The first-order chi connectivity index (χ1) is 5.81. The van der Waals surface area contributed by atoms with E-state index in [4.69, 9.17) is 10.5 Å². The number of rotatable bonds is 2. The van der Waals surface area contributed by atoms with Gasteiger partial charge in [0.05, 0.1) is 7.11 Å². The van der Waals surface area contributed by atoms with Gasteiger partial charge in [-0.15, -0.1) is 0 Å². The number of methoxy groups -OCH3 is 1. The molecule has 1 aromatic rings. The summed E-state index contributed by atoms with van der Waals surface area (Å²) in [6.07, 6.45) is 2.50. The highest BCUT2D eigenvalue weighted by atomic mass is 16.5. The number of nitrogens with zero attached hydrogens (tertiary/aromatic N) is 1. The van der Waals surface area contributed by atoms with Gasteiger partial charge < -0.3 is 10.5 Å². The van der Waals surface area contributed by atoms with Crippen molar-refractivity contribution in [2.24, 2.45) is 0 Å². The number of aromatic nitrogens is 1. The first-order valence-electron chi connectivity index (χ1n) is 4.11. The number of nitrogen functional groups attached to an aromatic ring is 1. The minimum atomic E-state index is 0.502. The Hall–Kier alpha value is -1.25. The second kappa shape index (κ2) is 2.66. The summed E-state index contributed by atoms with van der Waals surface area (Å²) in [5.74, 6) is 1.82. The maximum absolute atomic E-state index is 5.66. The van der Waals surface area contributed by atoms with Crippen molar-refractivity contribution in [1.29, 1.82) is 0 Å². The van der Waals surface area contributed by atoms with E-state index in [1.54, 1.807) is 7.11 Å². The third kappa shape index (κ3) is 1.22. The molecule has 1 aliphatic rings. The van der Waals surface area contributed by atoms with Gasteiger partial charge in [0, 0.05) is 11.6 Å². The SMILES string of the molecule is COc1ccc(C2CC2)nc1N. The Kier molecular flexibility index (Phi) is 1.64. The molecule has 1 aromatic heterocycles. The first kappa shape index (κ1) is 7.40. The van der Waals surface area contributed by atoms with E-state index >= 15 is 0 Å². The van der Waals surface area contributed by atoms with E-state index in [-0.39, 0.29) is 0 Å². The Morgan fingerprint density at radius 3 is 2.75 bits per heavy atom. The largest absolute Gasteiger partial charge is 0.493 e. The maximum Gasteiger partial charge on any atom is 0.166 e. The second-order valence-corrected chi connectivity index (χ2v) is 3.10. The summed E-state index contributed by atoms with van der Waals surface area (Å²) in [5, 5.41) is 0. The lowest BCUT2D eigenvalue weighted by Crippen LogP contribution is -1.97. The van der Waals surface area contributed by atoms with Crippen LogP contribution in [0.3, 0.4) is 0 Å². The van der Waals surface area contributed by atoms with E-state index in [1.165, 1.54) is 12.8 Å². The van der Waals surface area contributed by atoms with E-state index < -0.39 is 0 Å². The molecule has 0 atom stereocenters. The normalized spacial score (nSPS) is 16.1. The van der Waals surface area contributed by atoms with E-state index in [1.807, 2.05) is 12.1 Å². The minimum Gasteiger partial charge on any atom is -0.493 e. The van der Waals surface area contributed by atoms with Gasteiger partial charge in [-0.2, -0.15) is 0 Å². The van der Waals surface area contributed by atoms with Crippen LogP contribution in [0.1, 0.15) is 24.5 Å². The van der Waals surface area contributed by atoms with Crippen LogP contribution in [0.4, 0.5) is 5.82 Å². The van der Waals surface area contributed by atoms with Crippen molar-refractivity contribution in [1.82, 2.24) is 4.98 Å². The average Bonchev–Trinajstić information content (AvgIpc) is 2.86. The highest BCUT2D eigenvalue weighted by molar-refractivity contribution is 5.47. The average molecular weight is 164 g/mol. The fraction of sp³-hybridized carbons (Fsp3) is 0.444. The van der Waals surface area contributed by atoms with Crippen LogP contribution in [0.15, 0.2) is 12.1 Å². The van der Waals surface area contributed by atoms with Crippen LogP contribution < -0.4 is 10.5 Å². The summed E-state index contributed by atoms with van der Waals surface area (Å²) in [6.45, 7) is 0. The molecule has 0 amide bonds. The zero-order valence-corrected chi connectivity index (χ0v) is 7.08. The summed E-state index contributed by atoms with van der Waals surface area (Å²) in [6, 6.07) is 3.88. The quantitative estimate of drug-likeness (QED) is 0.721. The van der Waals surface area contributed by atoms with Gasteiger partial charge in [0.2, 0.25) is 0 Å². The van der Waals surface area contributed by atoms with Gasteiger partial charge >= 0.3 is 0 Å². The number of anilines is 1. The van der Waals surface area contributed by atoms with Gasteiger partial charge in [-0.25, -0.2) is 4.98 Å². The first-order valence-corrected chi connectivity index (χ1v) is 4.11. The van der Waals surface area contributed by atoms with E-state index in [0.29, 0.717) is 17.5 Å². The van der Waals surface area contributed by atoms with Crippen molar-refractivity contribution >= 4 is 5.82 Å². The van der Waals surface area contributed by atoms with Crippen molar-refractivity contribution < 1.29 is 4.74 Å². The molecule has 0 radical (unpaired) electrons. The van der Waals surface area contributed by atoms with Crippen molar-refractivity contribution in [2.75, 3.05) is 12.8 Å². The van der Waals surface area contributed by atoms with Gasteiger partial charge in [0.1, 0.15) is 0 Å². The molecule has 0 bridgehead atoms. The smallest absolute Gasteiger partial charge is 0.166 e. The molecule has 3 heteroatoms. The second-order valence-electron chi connectivity index (χ2n) is 3.10. The molecule has 0 spiro atoms. The zero-order valence-electron chi connectivity index (χ0n) is 7.08. The Morgan fingerprint density at radius 2 is 2.25 bits per heavy atom. The van der Waals surface area contributed by atoms with Gasteiger partial charge in [-0.05, 0) is 25.0 Å². The molecule has 1 heterocycles. The fourth-order valence-electron chi connectivity index (χ4n) is 1.26. The van der Waals surface area contributed by atoms with Crippen LogP contribution in [0.25, 0.3) is 0 Å². The topological polar surface area (TPSA) is 48.1 Å². The monoisotopic (exact) mass is 164 g/mol. The van der Waals surface area contributed by atoms with Crippen LogP contribution in [0, 0.1) is 0 Å². The number of ether oxygens (including phenoxy) is 1. The van der Waals surface area contributed by atoms with Gasteiger partial charge in [-0.3, -0.25) is 0 Å². The zero-order chi connectivity index (χ0) is 8.55. The lowest BCUT2D eigenvalue weighted by molar-refractivity contribution is 0.415.